The van der Waals surface area contributed by atoms with Crippen LogP contribution in [0.15, 0.2) is 78.9 Å². The largest absolute Gasteiger partial charge is 0.276 e. The molecule has 0 saturated heterocycles. The molecule has 3 aromatic rings. The normalized spacial score (nSPS) is 15.0. The van der Waals surface area contributed by atoms with Crippen molar-refractivity contribution in [1.82, 2.24) is 0 Å². The van der Waals surface area contributed by atoms with Crippen LogP contribution in [0.5, 0.6) is 0 Å². The molecule has 1 heterocycles. The molecule has 1 aliphatic rings. The molecule has 2 heteroatoms. The van der Waals surface area contributed by atoms with Gasteiger partial charge in [-0.3, -0.25) is 9.69 Å². The van der Waals surface area contributed by atoms with Crippen LogP contribution in [-0.4, -0.2) is 5.91 Å². The molecule has 0 spiro atoms. The van der Waals surface area contributed by atoms with E-state index in [1.807, 2.05) is 90.7 Å². The summed E-state index contributed by atoms with van der Waals surface area (Å²) >= 11 is 0. The lowest BCUT2D eigenvalue weighted by molar-refractivity contribution is 0.101. The molecule has 2 nitrogen and oxygen atoms in total. The average Bonchev–Trinajstić information content (AvgIpc) is 2.89. The van der Waals surface area contributed by atoms with Gasteiger partial charge in [0.2, 0.25) is 0 Å². The van der Waals surface area contributed by atoms with E-state index in [-0.39, 0.29) is 5.91 Å². The van der Waals surface area contributed by atoms with Gasteiger partial charge in [0.1, 0.15) is 0 Å². The molecule has 116 valence electrons. The highest BCUT2D eigenvalue weighted by molar-refractivity contribution is 6.24. The molecule has 1 amide bonds. The van der Waals surface area contributed by atoms with Gasteiger partial charge in [-0.1, -0.05) is 60.7 Å². The van der Waals surface area contributed by atoms with E-state index < -0.39 is 0 Å². The van der Waals surface area contributed by atoms with Gasteiger partial charge >= 0.3 is 0 Å². The molecule has 3 aromatic carbocycles. The summed E-state index contributed by atoms with van der Waals surface area (Å²) in [7, 11) is 0. The van der Waals surface area contributed by atoms with Crippen molar-refractivity contribution in [2.24, 2.45) is 0 Å². The standard InChI is InChI=1S/C22H17NO/c1-16-8-7-11-18(14-16)23-21(15-17-9-3-2-4-10-17)19-12-5-6-13-20(19)22(23)24/h2-15H,1H3. The third-order valence-corrected chi connectivity index (χ3v) is 4.24. The molecular weight excluding hydrogens is 294 g/mol. The molecule has 4 rings (SSSR count). The van der Waals surface area contributed by atoms with E-state index in [1.165, 1.54) is 0 Å². The molecule has 0 fully saturated rings. The molecule has 0 N–H and O–H groups in total. The average molecular weight is 311 g/mol. The summed E-state index contributed by atoms with van der Waals surface area (Å²) in [5.41, 5.74) is 5.77. The predicted molar refractivity (Wildman–Crippen MR) is 98.7 cm³/mol. The zero-order chi connectivity index (χ0) is 16.5. The first kappa shape index (κ1) is 14.5. The second-order valence-electron chi connectivity index (χ2n) is 5.97. The molecule has 0 radical (unpaired) electrons. The van der Waals surface area contributed by atoms with Crippen LogP contribution in [-0.2, 0) is 0 Å². The topological polar surface area (TPSA) is 20.3 Å². The van der Waals surface area contributed by atoms with E-state index in [9.17, 15) is 4.79 Å². The maximum absolute atomic E-state index is 13.0. The molecule has 24 heavy (non-hydrogen) atoms. The molecule has 1 aliphatic heterocycles. The Kier molecular flexibility index (Phi) is 3.51. The van der Waals surface area contributed by atoms with Gasteiger partial charge in [-0.05, 0) is 42.3 Å². The number of aryl methyl sites for hydroxylation is 1. The van der Waals surface area contributed by atoms with Crippen LogP contribution in [0.4, 0.5) is 5.69 Å². The van der Waals surface area contributed by atoms with Crippen LogP contribution in [0.1, 0.15) is 27.0 Å². The fraction of sp³-hybridized carbons (Fsp3) is 0.0455. The van der Waals surface area contributed by atoms with Crippen molar-refractivity contribution < 1.29 is 4.79 Å². The van der Waals surface area contributed by atoms with Crippen LogP contribution in [0, 0.1) is 6.92 Å². The fourth-order valence-electron chi connectivity index (χ4n) is 3.12. The van der Waals surface area contributed by atoms with Crippen molar-refractivity contribution in [2.45, 2.75) is 6.92 Å². The second kappa shape index (κ2) is 5.82. The zero-order valence-electron chi connectivity index (χ0n) is 13.4. The first-order chi connectivity index (χ1) is 11.7. The van der Waals surface area contributed by atoms with Gasteiger partial charge in [0.25, 0.3) is 5.91 Å². The van der Waals surface area contributed by atoms with Gasteiger partial charge < -0.3 is 0 Å². The maximum atomic E-state index is 13.0. The number of carbonyl (C=O) groups is 1. The highest BCUT2D eigenvalue weighted by Gasteiger charge is 2.32. The number of amides is 1. The Morgan fingerprint density at radius 1 is 0.792 bits per heavy atom. The number of fused-ring (bicyclic) bond motifs is 1. The minimum absolute atomic E-state index is 0.0263. The quantitative estimate of drug-likeness (QED) is 0.640. The molecule has 0 aliphatic carbocycles. The summed E-state index contributed by atoms with van der Waals surface area (Å²) in [5.74, 6) is 0.0263. The second-order valence-corrected chi connectivity index (χ2v) is 5.97. The highest BCUT2D eigenvalue weighted by atomic mass is 16.2. The van der Waals surface area contributed by atoms with Crippen molar-refractivity contribution >= 4 is 23.4 Å². The Balaban J connectivity index is 1.92. The van der Waals surface area contributed by atoms with Crippen molar-refractivity contribution in [3.05, 3.63) is 101 Å². The highest BCUT2D eigenvalue weighted by Crippen LogP contribution is 2.38. The summed E-state index contributed by atoms with van der Waals surface area (Å²) in [6.07, 6.45) is 2.08. The fourth-order valence-corrected chi connectivity index (χ4v) is 3.12. The number of hydrogen-bond donors (Lipinski definition) is 0. The first-order valence-corrected chi connectivity index (χ1v) is 8.01. The Morgan fingerprint density at radius 3 is 2.25 bits per heavy atom. The number of benzene rings is 3. The third kappa shape index (κ3) is 2.42. The van der Waals surface area contributed by atoms with Gasteiger partial charge in [-0.2, -0.15) is 0 Å². The number of rotatable bonds is 2. The monoisotopic (exact) mass is 311 g/mol. The number of hydrogen-bond acceptors (Lipinski definition) is 1. The van der Waals surface area contributed by atoms with Gasteiger partial charge in [0.05, 0.1) is 5.70 Å². The van der Waals surface area contributed by atoms with E-state index in [2.05, 4.69) is 6.08 Å². The van der Waals surface area contributed by atoms with Crippen LogP contribution in [0.2, 0.25) is 0 Å². The van der Waals surface area contributed by atoms with Gasteiger partial charge in [-0.25, -0.2) is 0 Å². The Hall–Kier alpha value is -3.13. The van der Waals surface area contributed by atoms with Crippen molar-refractivity contribution in [3.63, 3.8) is 0 Å². The Labute approximate surface area is 141 Å². The first-order valence-electron chi connectivity index (χ1n) is 8.01. The molecule has 0 bridgehead atoms. The van der Waals surface area contributed by atoms with Crippen LogP contribution >= 0.6 is 0 Å². The predicted octanol–water partition coefficient (Wildman–Crippen LogP) is 5.15. The number of anilines is 1. The maximum Gasteiger partial charge on any atom is 0.263 e. The smallest absolute Gasteiger partial charge is 0.263 e. The van der Waals surface area contributed by atoms with Crippen LogP contribution in [0.25, 0.3) is 11.8 Å². The molecule has 0 aromatic heterocycles. The number of nitrogens with zero attached hydrogens (tertiary/aromatic N) is 1. The lowest BCUT2D eigenvalue weighted by atomic mass is 10.1. The lowest BCUT2D eigenvalue weighted by Gasteiger charge is -2.19. The van der Waals surface area contributed by atoms with Crippen molar-refractivity contribution in [1.29, 1.82) is 0 Å². The SMILES string of the molecule is Cc1cccc(N2C(=O)c3ccccc3C2=Cc2ccccc2)c1. The summed E-state index contributed by atoms with van der Waals surface area (Å²) in [5, 5.41) is 0. The minimum Gasteiger partial charge on any atom is -0.276 e. The van der Waals surface area contributed by atoms with Crippen molar-refractivity contribution in [2.75, 3.05) is 4.90 Å². The third-order valence-electron chi connectivity index (χ3n) is 4.24. The summed E-state index contributed by atoms with van der Waals surface area (Å²) in [6.45, 7) is 2.04. The van der Waals surface area contributed by atoms with Gasteiger partial charge in [0, 0.05) is 16.8 Å². The Bertz CT molecular complexity index is 941. The molecule has 0 unspecified atom stereocenters. The van der Waals surface area contributed by atoms with E-state index in [1.54, 1.807) is 0 Å². The van der Waals surface area contributed by atoms with E-state index >= 15 is 0 Å². The summed E-state index contributed by atoms with van der Waals surface area (Å²) in [4.78, 5) is 14.8. The molecular formula is C22H17NO. The zero-order valence-corrected chi connectivity index (χ0v) is 13.4. The summed E-state index contributed by atoms with van der Waals surface area (Å²) in [6, 6.07) is 26.0. The van der Waals surface area contributed by atoms with Gasteiger partial charge in [0.15, 0.2) is 0 Å². The van der Waals surface area contributed by atoms with Gasteiger partial charge in [-0.15, -0.1) is 0 Å². The van der Waals surface area contributed by atoms with E-state index in [0.717, 1.165) is 33.6 Å². The summed E-state index contributed by atoms with van der Waals surface area (Å²) < 4.78 is 0. The molecule has 0 atom stereocenters. The minimum atomic E-state index is 0.0263. The van der Waals surface area contributed by atoms with Crippen LogP contribution < -0.4 is 4.90 Å². The lowest BCUT2D eigenvalue weighted by Crippen LogP contribution is -2.22. The number of carbonyl (C=O) groups excluding carboxylic acids is 1. The van der Waals surface area contributed by atoms with E-state index in [0.29, 0.717) is 0 Å². The Morgan fingerprint density at radius 2 is 1.50 bits per heavy atom. The van der Waals surface area contributed by atoms with Crippen molar-refractivity contribution in [3.8, 4) is 0 Å². The van der Waals surface area contributed by atoms with Crippen LogP contribution in [0.3, 0.4) is 0 Å². The van der Waals surface area contributed by atoms with E-state index in [4.69, 9.17) is 0 Å². The molecule has 0 saturated carbocycles.